The number of nitriles is 1. The largest absolute Gasteiger partial charge is 0.481 e. The van der Waals surface area contributed by atoms with E-state index in [1.54, 1.807) is 25.4 Å². The molecule has 3 nitrogen and oxygen atoms in total. The lowest BCUT2D eigenvalue weighted by Crippen LogP contribution is -1.88. The molecule has 0 N–H and O–H groups in total. The van der Waals surface area contributed by atoms with E-state index in [2.05, 4.69) is 11.1 Å². The summed E-state index contributed by atoms with van der Waals surface area (Å²) >= 11 is 0. The first-order chi connectivity index (χ1) is 6.85. The summed E-state index contributed by atoms with van der Waals surface area (Å²) in [6.07, 6.45) is 1.69. The van der Waals surface area contributed by atoms with Crippen LogP contribution in [0.15, 0.2) is 30.5 Å². The molecule has 2 aromatic rings. The zero-order valence-corrected chi connectivity index (χ0v) is 7.69. The van der Waals surface area contributed by atoms with Crippen LogP contribution in [-0.4, -0.2) is 12.1 Å². The van der Waals surface area contributed by atoms with Gasteiger partial charge in [-0.05, 0) is 23.6 Å². The van der Waals surface area contributed by atoms with Gasteiger partial charge in [-0.3, -0.25) is 0 Å². The molecule has 0 spiro atoms. The Kier molecular flexibility index (Phi) is 2.04. The van der Waals surface area contributed by atoms with Crippen LogP contribution in [0, 0.1) is 11.3 Å². The molecule has 0 saturated carbocycles. The Balaban J connectivity index is 2.78. The molecule has 14 heavy (non-hydrogen) atoms. The van der Waals surface area contributed by atoms with Gasteiger partial charge >= 0.3 is 0 Å². The average molecular weight is 184 g/mol. The Labute approximate surface area is 81.6 Å². The topological polar surface area (TPSA) is 45.9 Å². The SMILES string of the molecule is COc1nccc2ccc(C#N)cc12. The van der Waals surface area contributed by atoms with E-state index in [4.69, 9.17) is 10.00 Å². The Morgan fingerprint density at radius 1 is 1.36 bits per heavy atom. The molecule has 1 aromatic heterocycles. The molecule has 0 aliphatic carbocycles. The highest BCUT2D eigenvalue weighted by atomic mass is 16.5. The smallest absolute Gasteiger partial charge is 0.221 e. The molecule has 0 radical (unpaired) electrons. The van der Waals surface area contributed by atoms with E-state index in [-0.39, 0.29) is 0 Å². The monoisotopic (exact) mass is 184 g/mol. The van der Waals surface area contributed by atoms with Crippen molar-refractivity contribution in [2.75, 3.05) is 7.11 Å². The van der Waals surface area contributed by atoms with Crippen molar-refractivity contribution in [1.29, 1.82) is 5.26 Å². The van der Waals surface area contributed by atoms with E-state index in [1.165, 1.54) is 0 Å². The van der Waals surface area contributed by atoms with Crippen molar-refractivity contribution in [2.45, 2.75) is 0 Å². The minimum atomic E-state index is 0.555. The van der Waals surface area contributed by atoms with E-state index in [0.29, 0.717) is 11.4 Å². The first kappa shape index (κ1) is 8.52. The van der Waals surface area contributed by atoms with Crippen LogP contribution in [0.1, 0.15) is 5.56 Å². The highest BCUT2D eigenvalue weighted by Crippen LogP contribution is 2.23. The first-order valence-corrected chi connectivity index (χ1v) is 4.18. The fourth-order valence-corrected chi connectivity index (χ4v) is 1.37. The van der Waals surface area contributed by atoms with E-state index in [0.717, 1.165) is 10.8 Å². The quantitative estimate of drug-likeness (QED) is 0.681. The van der Waals surface area contributed by atoms with Crippen LogP contribution in [0.2, 0.25) is 0 Å². The van der Waals surface area contributed by atoms with Gasteiger partial charge in [0.25, 0.3) is 0 Å². The lowest BCUT2D eigenvalue weighted by Gasteiger charge is -2.03. The molecule has 2 rings (SSSR count). The third kappa shape index (κ3) is 1.27. The number of benzene rings is 1. The van der Waals surface area contributed by atoms with Crippen molar-refractivity contribution in [3.8, 4) is 11.9 Å². The van der Waals surface area contributed by atoms with Crippen molar-refractivity contribution in [3.63, 3.8) is 0 Å². The van der Waals surface area contributed by atoms with Gasteiger partial charge in [-0.15, -0.1) is 0 Å². The zero-order valence-electron chi connectivity index (χ0n) is 7.69. The maximum Gasteiger partial charge on any atom is 0.221 e. The molecule has 0 unspecified atom stereocenters. The molecule has 0 bridgehead atoms. The molecule has 0 aliphatic heterocycles. The molecular weight excluding hydrogens is 176 g/mol. The number of fused-ring (bicyclic) bond motifs is 1. The van der Waals surface area contributed by atoms with Crippen molar-refractivity contribution < 1.29 is 4.74 Å². The molecule has 0 atom stereocenters. The second-order valence-electron chi connectivity index (χ2n) is 2.87. The number of aromatic nitrogens is 1. The summed E-state index contributed by atoms with van der Waals surface area (Å²) in [5, 5.41) is 10.6. The summed E-state index contributed by atoms with van der Waals surface area (Å²) in [7, 11) is 1.57. The average Bonchev–Trinajstić information content (AvgIpc) is 2.27. The second kappa shape index (κ2) is 3.35. The molecule has 0 aliphatic rings. The predicted octanol–water partition coefficient (Wildman–Crippen LogP) is 2.12. The normalized spacial score (nSPS) is 9.71. The number of nitrogens with zero attached hydrogens (tertiary/aromatic N) is 2. The van der Waals surface area contributed by atoms with Crippen LogP contribution in [0.4, 0.5) is 0 Å². The van der Waals surface area contributed by atoms with Crippen LogP contribution in [-0.2, 0) is 0 Å². The number of pyridine rings is 1. The van der Waals surface area contributed by atoms with E-state index >= 15 is 0 Å². The highest BCUT2D eigenvalue weighted by Gasteiger charge is 2.02. The Bertz CT molecular complexity index is 514. The number of rotatable bonds is 1. The van der Waals surface area contributed by atoms with Gasteiger partial charge in [0.15, 0.2) is 0 Å². The van der Waals surface area contributed by atoms with Crippen molar-refractivity contribution in [3.05, 3.63) is 36.0 Å². The van der Waals surface area contributed by atoms with E-state index in [9.17, 15) is 0 Å². The van der Waals surface area contributed by atoms with Crippen LogP contribution in [0.5, 0.6) is 5.88 Å². The van der Waals surface area contributed by atoms with E-state index < -0.39 is 0 Å². The first-order valence-electron chi connectivity index (χ1n) is 4.18. The van der Waals surface area contributed by atoms with Gasteiger partial charge in [0.2, 0.25) is 5.88 Å². The minimum absolute atomic E-state index is 0.555. The zero-order chi connectivity index (χ0) is 9.97. The molecule has 68 valence electrons. The maximum atomic E-state index is 8.75. The van der Waals surface area contributed by atoms with E-state index in [1.807, 2.05) is 12.1 Å². The van der Waals surface area contributed by atoms with Crippen LogP contribution in [0.25, 0.3) is 10.8 Å². The van der Waals surface area contributed by atoms with Crippen molar-refractivity contribution in [2.24, 2.45) is 0 Å². The Morgan fingerprint density at radius 3 is 2.93 bits per heavy atom. The van der Waals surface area contributed by atoms with Gasteiger partial charge in [-0.1, -0.05) is 6.07 Å². The molecule has 0 saturated heterocycles. The number of hydrogen-bond acceptors (Lipinski definition) is 3. The van der Waals surface area contributed by atoms with Crippen LogP contribution in [0.3, 0.4) is 0 Å². The van der Waals surface area contributed by atoms with Crippen LogP contribution >= 0.6 is 0 Å². The highest BCUT2D eigenvalue weighted by molar-refractivity contribution is 5.87. The predicted molar refractivity (Wildman–Crippen MR) is 53.0 cm³/mol. The van der Waals surface area contributed by atoms with Crippen molar-refractivity contribution in [1.82, 2.24) is 4.98 Å². The van der Waals surface area contributed by atoms with Gasteiger partial charge in [0.05, 0.1) is 18.7 Å². The number of hydrogen-bond donors (Lipinski definition) is 0. The summed E-state index contributed by atoms with van der Waals surface area (Å²) in [5.74, 6) is 0.555. The summed E-state index contributed by atoms with van der Waals surface area (Å²) in [5.41, 5.74) is 0.615. The van der Waals surface area contributed by atoms with Gasteiger partial charge < -0.3 is 4.74 Å². The molecule has 1 heterocycles. The molecular formula is C11H8N2O. The Hall–Kier alpha value is -2.08. The molecule has 0 fully saturated rings. The summed E-state index contributed by atoms with van der Waals surface area (Å²) < 4.78 is 5.11. The fraction of sp³-hybridized carbons (Fsp3) is 0.0909. The molecule has 1 aromatic carbocycles. The Morgan fingerprint density at radius 2 is 2.21 bits per heavy atom. The second-order valence-corrected chi connectivity index (χ2v) is 2.87. The molecule has 0 amide bonds. The standard InChI is InChI=1S/C11H8N2O/c1-14-11-10-6-8(7-12)2-3-9(10)4-5-13-11/h2-6H,1H3. The fourth-order valence-electron chi connectivity index (χ4n) is 1.37. The summed E-state index contributed by atoms with van der Waals surface area (Å²) in [4.78, 5) is 4.07. The van der Waals surface area contributed by atoms with Gasteiger partial charge in [-0.2, -0.15) is 5.26 Å². The summed E-state index contributed by atoms with van der Waals surface area (Å²) in [6, 6.07) is 9.42. The number of ether oxygens (including phenoxy) is 1. The van der Waals surface area contributed by atoms with Gasteiger partial charge in [-0.25, -0.2) is 4.98 Å². The lowest BCUT2D eigenvalue weighted by atomic mass is 10.1. The minimum Gasteiger partial charge on any atom is -0.481 e. The van der Waals surface area contributed by atoms with Crippen molar-refractivity contribution >= 4 is 10.8 Å². The van der Waals surface area contributed by atoms with Gasteiger partial charge in [0.1, 0.15) is 0 Å². The summed E-state index contributed by atoms with van der Waals surface area (Å²) in [6.45, 7) is 0. The third-order valence-corrected chi connectivity index (χ3v) is 2.05. The third-order valence-electron chi connectivity index (χ3n) is 2.05. The van der Waals surface area contributed by atoms with Crippen LogP contribution < -0.4 is 4.74 Å². The molecule has 3 heteroatoms. The number of methoxy groups -OCH3 is 1. The van der Waals surface area contributed by atoms with Gasteiger partial charge in [0, 0.05) is 11.6 Å². The maximum absolute atomic E-state index is 8.75. The lowest BCUT2D eigenvalue weighted by molar-refractivity contribution is 0.403.